The van der Waals surface area contributed by atoms with Crippen molar-refractivity contribution in [3.63, 3.8) is 0 Å². The van der Waals surface area contributed by atoms with Crippen molar-refractivity contribution < 1.29 is 0 Å². The summed E-state index contributed by atoms with van der Waals surface area (Å²) in [6.45, 7) is 6.20. The lowest BCUT2D eigenvalue weighted by Gasteiger charge is -2.43. The van der Waals surface area contributed by atoms with Crippen molar-refractivity contribution in [2.75, 3.05) is 19.6 Å². The number of rotatable bonds is 10. The van der Waals surface area contributed by atoms with Crippen LogP contribution in [0.2, 0.25) is 0 Å². The summed E-state index contributed by atoms with van der Waals surface area (Å²) in [7, 11) is 0. The second kappa shape index (κ2) is 18.7. The Labute approximate surface area is 448 Å². The summed E-state index contributed by atoms with van der Waals surface area (Å²) in [4.78, 5) is 14.9. The van der Waals surface area contributed by atoms with E-state index < -0.39 is 0 Å². The molecule has 0 fully saturated rings. The molecule has 0 bridgehead atoms. The van der Waals surface area contributed by atoms with Crippen molar-refractivity contribution in [3.8, 4) is 0 Å². The normalized spacial score (nSPS) is 13.5. The summed E-state index contributed by atoms with van der Waals surface area (Å²) in [5, 5.41) is 0. The first-order valence-corrected chi connectivity index (χ1v) is 27.2. The van der Waals surface area contributed by atoms with Crippen LogP contribution in [0.5, 0.6) is 0 Å². The number of fused-ring (bicyclic) bond motifs is 8. The van der Waals surface area contributed by atoms with Crippen molar-refractivity contribution in [1.29, 1.82) is 0 Å². The van der Waals surface area contributed by atoms with E-state index in [2.05, 4.69) is 282 Å². The van der Waals surface area contributed by atoms with E-state index in [1.807, 2.05) is 35.7 Å². The summed E-state index contributed by atoms with van der Waals surface area (Å²) in [6, 6.07) is 87.2. The van der Waals surface area contributed by atoms with Gasteiger partial charge in [0, 0.05) is 87.8 Å². The molecule has 0 radical (unpaired) electrons. The highest BCUT2D eigenvalue weighted by Gasteiger charge is 2.46. The third-order valence-electron chi connectivity index (χ3n) is 15.0. The van der Waals surface area contributed by atoms with E-state index in [4.69, 9.17) is 0 Å². The molecule has 4 aliphatic heterocycles. The molecule has 0 N–H and O–H groups in total. The first-order chi connectivity index (χ1) is 37.1. The molecule has 0 aromatic heterocycles. The standard InChI is InChI=1S/C67H48B2N4S2/c1-3-4-10-25-46(2)70-58-38-23-21-36-54(58)68-56-44-57-63(45-62(56)74-64-42-52(40-60(70)66(64)68)71(47-26-11-5-12-27-47)48-28-13-6-14-29-48)75-65-43-53(72(49-30-15-7-16-31-49)50-32-17-8-18-33-50)41-61-67(65)69(57)55-37-22-24-39-59(55)73(61)51-34-19-9-20-35-51/h3-45H,1H2,2H3/b10-4-,46-25+. The number of hydrogen-bond acceptors (Lipinski definition) is 6. The van der Waals surface area contributed by atoms with E-state index >= 15 is 0 Å². The van der Waals surface area contributed by atoms with Crippen LogP contribution in [0.15, 0.2) is 293 Å². The molecule has 0 saturated heterocycles. The molecule has 4 nitrogen and oxygen atoms in total. The zero-order valence-corrected chi connectivity index (χ0v) is 42.9. The van der Waals surface area contributed by atoms with Crippen LogP contribution in [-0.4, -0.2) is 13.4 Å². The van der Waals surface area contributed by atoms with Gasteiger partial charge in [0.1, 0.15) is 0 Å². The van der Waals surface area contributed by atoms with Gasteiger partial charge < -0.3 is 19.6 Å². The summed E-state index contributed by atoms with van der Waals surface area (Å²) < 4.78 is 0. The second-order valence-electron chi connectivity index (χ2n) is 19.3. The quantitative estimate of drug-likeness (QED) is 0.0993. The Morgan fingerprint density at radius 2 is 0.827 bits per heavy atom. The van der Waals surface area contributed by atoms with Crippen LogP contribution < -0.4 is 52.4 Å². The number of hydrogen-bond donors (Lipinski definition) is 0. The molecule has 10 aromatic rings. The van der Waals surface area contributed by atoms with Crippen molar-refractivity contribution in [2.24, 2.45) is 0 Å². The zero-order chi connectivity index (χ0) is 50.0. The molecule has 75 heavy (non-hydrogen) atoms. The number of benzene rings is 10. The Bertz CT molecular complexity index is 3830. The van der Waals surface area contributed by atoms with E-state index in [1.54, 1.807) is 0 Å². The number of para-hydroxylation sites is 7. The monoisotopic (exact) mass is 994 g/mol. The van der Waals surface area contributed by atoms with Crippen LogP contribution in [0.4, 0.5) is 62.6 Å². The largest absolute Gasteiger partial charge is 0.315 e. The molecule has 14 rings (SSSR count). The Balaban J connectivity index is 1.00. The average molecular weight is 995 g/mol. The molecule has 0 amide bonds. The maximum absolute atomic E-state index is 3.97. The maximum Gasteiger partial charge on any atom is 0.249 e. The maximum atomic E-state index is 3.97. The van der Waals surface area contributed by atoms with Crippen LogP contribution in [0.1, 0.15) is 6.92 Å². The third kappa shape index (κ3) is 7.58. The van der Waals surface area contributed by atoms with Crippen molar-refractivity contribution >= 4 is 132 Å². The topological polar surface area (TPSA) is 13.0 Å². The van der Waals surface area contributed by atoms with Crippen LogP contribution >= 0.6 is 23.5 Å². The first kappa shape index (κ1) is 45.1. The van der Waals surface area contributed by atoms with Crippen LogP contribution in [0.3, 0.4) is 0 Å². The highest BCUT2D eigenvalue weighted by molar-refractivity contribution is 8.01. The molecule has 4 heterocycles. The predicted molar refractivity (Wildman–Crippen MR) is 323 cm³/mol. The molecule has 0 saturated carbocycles. The third-order valence-corrected chi connectivity index (χ3v) is 17.2. The lowest BCUT2D eigenvalue weighted by molar-refractivity contribution is 1.15. The van der Waals surface area contributed by atoms with Crippen LogP contribution in [-0.2, 0) is 0 Å². The Morgan fingerprint density at radius 1 is 0.400 bits per heavy atom. The number of allylic oxidation sites excluding steroid dienone is 5. The smallest absolute Gasteiger partial charge is 0.249 e. The summed E-state index contributed by atoms with van der Waals surface area (Å²) in [6.07, 6.45) is 8.15. The lowest BCUT2D eigenvalue weighted by atomic mass is 9.32. The average Bonchev–Trinajstić information content (AvgIpc) is 3.51. The molecule has 0 aliphatic carbocycles. The summed E-state index contributed by atoms with van der Waals surface area (Å²) in [5.74, 6) is 0. The molecule has 0 unspecified atom stereocenters. The first-order valence-electron chi connectivity index (χ1n) is 25.6. The second-order valence-corrected chi connectivity index (χ2v) is 21.5. The fourth-order valence-corrected chi connectivity index (χ4v) is 14.4. The number of anilines is 11. The van der Waals surface area contributed by atoms with Gasteiger partial charge in [0.15, 0.2) is 0 Å². The Hall–Kier alpha value is -8.55. The van der Waals surface area contributed by atoms with E-state index in [1.165, 1.54) is 75.1 Å². The van der Waals surface area contributed by atoms with Crippen molar-refractivity contribution in [2.45, 2.75) is 26.5 Å². The van der Waals surface area contributed by atoms with Gasteiger partial charge in [0.05, 0.1) is 0 Å². The van der Waals surface area contributed by atoms with Gasteiger partial charge in [-0.25, -0.2) is 0 Å². The SMILES string of the molecule is C=C/C=C\C=C(/C)N1c2ccccc2B2c3cc4c(cc3Sc3cc(N(c5ccccc5)c5ccccc5)cc1c32)Sc1cc(N(c2ccccc2)c2ccccc2)cc2c1B4c1ccccc1N2c1ccccc1. The lowest BCUT2D eigenvalue weighted by Crippen LogP contribution is -2.63. The zero-order valence-electron chi connectivity index (χ0n) is 41.3. The van der Waals surface area contributed by atoms with Gasteiger partial charge in [-0.2, -0.15) is 0 Å². The Kier molecular flexibility index (Phi) is 11.3. The minimum Gasteiger partial charge on any atom is -0.315 e. The molecular formula is C67H48B2N4S2. The van der Waals surface area contributed by atoms with E-state index in [0.717, 1.165) is 45.5 Å². The van der Waals surface area contributed by atoms with E-state index in [9.17, 15) is 0 Å². The fraction of sp³-hybridized carbons (Fsp3) is 0.0149. The minimum absolute atomic E-state index is 0.000586. The summed E-state index contributed by atoms with van der Waals surface area (Å²) in [5.41, 5.74) is 21.7. The molecule has 8 heteroatoms. The van der Waals surface area contributed by atoms with Crippen molar-refractivity contribution in [1.82, 2.24) is 0 Å². The van der Waals surface area contributed by atoms with E-state index in [-0.39, 0.29) is 13.4 Å². The van der Waals surface area contributed by atoms with Gasteiger partial charge in [-0.1, -0.05) is 193 Å². The van der Waals surface area contributed by atoms with Gasteiger partial charge >= 0.3 is 0 Å². The fourth-order valence-electron chi connectivity index (χ4n) is 11.9. The van der Waals surface area contributed by atoms with Gasteiger partial charge in [-0.3, -0.25) is 0 Å². The van der Waals surface area contributed by atoms with Gasteiger partial charge in [-0.15, -0.1) is 0 Å². The van der Waals surface area contributed by atoms with Gasteiger partial charge in [-0.05, 0) is 138 Å². The van der Waals surface area contributed by atoms with Crippen molar-refractivity contribution in [3.05, 3.63) is 273 Å². The molecule has 0 spiro atoms. The van der Waals surface area contributed by atoms with Gasteiger partial charge in [0.25, 0.3) is 0 Å². The molecular weight excluding hydrogens is 947 g/mol. The van der Waals surface area contributed by atoms with E-state index in [0.29, 0.717) is 0 Å². The van der Waals surface area contributed by atoms with Crippen LogP contribution in [0.25, 0.3) is 0 Å². The molecule has 0 atom stereocenters. The minimum atomic E-state index is -0.00494. The summed E-state index contributed by atoms with van der Waals surface area (Å²) >= 11 is 3.84. The molecule has 4 aliphatic rings. The van der Waals surface area contributed by atoms with Gasteiger partial charge in [0.2, 0.25) is 13.4 Å². The number of nitrogens with zero attached hydrogens (tertiary/aromatic N) is 4. The predicted octanol–water partition coefficient (Wildman–Crippen LogP) is 14.5. The Morgan fingerprint density at radius 3 is 1.33 bits per heavy atom. The highest BCUT2D eigenvalue weighted by Crippen LogP contribution is 2.49. The highest BCUT2D eigenvalue weighted by atomic mass is 32.2. The van der Waals surface area contributed by atoms with Crippen LogP contribution in [0, 0.1) is 0 Å². The molecule has 354 valence electrons. The molecule has 10 aromatic carbocycles.